The summed E-state index contributed by atoms with van der Waals surface area (Å²) in [5, 5.41) is 0.580. The number of pyridine rings is 1. The molecule has 0 spiro atoms. The zero-order chi connectivity index (χ0) is 14.5. The molecule has 1 heterocycles. The Kier molecular flexibility index (Phi) is 4.79. The predicted octanol–water partition coefficient (Wildman–Crippen LogP) is 2.30. The minimum absolute atomic E-state index is 0.257. The van der Waals surface area contributed by atoms with Crippen LogP contribution in [0.4, 0.5) is 0 Å². The minimum atomic E-state index is -0.257. The number of hydrogen-bond acceptors (Lipinski definition) is 5. The number of benzene rings is 1. The van der Waals surface area contributed by atoms with Crippen LogP contribution < -0.4 is 20.7 Å². The number of nitrogens with zero attached hydrogens (tertiary/aromatic N) is 1. The van der Waals surface area contributed by atoms with Crippen molar-refractivity contribution in [2.75, 3.05) is 14.2 Å². The SMILES string of the molecule is COc1ccc(C(NN)c2ccc(Cl)cn2)cc1OC. The van der Waals surface area contributed by atoms with Crippen LogP contribution in [0.1, 0.15) is 17.3 Å². The third kappa shape index (κ3) is 3.01. The molecule has 6 heteroatoms. The summed E-state index contributed by atoms with van der Waals surface area (Å²) in [7, 11) is 3.18. The largest absolute Gasteiger partial charge is 0.493 e. The van der Waals surface area contributed by atoms with Gasteiger partial charge in [-0.1, -0.05) is 17.7 Å². The third-order valence-electron chi connectivity index (χ3n) is 2.95. The van der Waals surface area contributed by atoms with Crippen molar-refractivity contribution in [3.8, 4) is 11.5 Å². The standard InChI is InChI=1S/C14H16ClN3O2/c1-19-12-6-3-9(7-13(12)20-2)14(18-16)11-5-4-10(15)8-17-11/h3-8,14,18H,16H2,1-2H3. The van der Waals surface area contributed by atoms with E-state index >= 15 is 0 Å². The summed E-state index contributed by atoms with van der Waals surface area (Å²) in [4.78, 5) is 4.28. The van der Waals surface area contributed by atoms with Gasteiger partial charge in [0.2, 0.25) is 0 Å². The Bertz CT molecular complexity index is 575. The normalized spacial score (nSPS) is 12.0. The van der Waals surface area contributed by atoms with Gasteiger partial charge in [-0.25, -0.2) is 5.43 Å². The van der Waals surface area contributed by atoms with Crippen molar-refractivity contribution in [1.29, 1.82) is 0 Å². The van der Waals surface area contributed by atoms with Crippen LogP contribution in [0.25, 0.3) is 0 Å². The van der Waals surface area contributed by atoms with Crippen LogP contribution >= 0.6 is 11.6 Å². The van der Waals surface area contributed by atoms with Gasteiger partial charge < -0.3 is 9.47 Å². The predicted molar refractivity (Wildman–Crippen MR) is 78.0 cm³/mol. The molecule has 0 aliphatic carbocycles. The molecule has 0 saturated carbocycles. The quantitative estimate of drug-likeness (QED) is 0.654. The molecule has 0 radical (unpaired) electrons. The molecule has 1 atom stereocenters. The van der Waals surface area contributed by atoms with E-state index in [1.54, 1.807) is 26.5 Å². The van der Waals surface area contributed by atoms with Crippen molar-refractivity contribution in [3.63, 3.8) is 0 Å². The maximum Gasteiger partial charge on any atom is 0.161 e. The first-order valence-electron chi connectivity index (χ1n) is 5.99. The van der Waals surface area contributed by atoms with E-state index in [2.05, 4.69) is 10.4 Å². The highest BCUT2D eigenvalue weighted by Gasteiger charge is 2.16. The zero-order valence-corrected chi connectivity index (χ0v) is 12.0. The van der Waals surface area contributed by atoms with E-state index in [1.807, 2.05) is 24.3 Å². The van der Waals surface area contributed by atoms with Gasteiger partial charge in [-0.05, 0) is 29.8 Å². The van der Waals surface area contributed by atoms with Crippen molar-refractivity contribution in [2.24, 2.45) is 5.84 Å². The summed E-state index contributed by atoms with van der Waals surface area (Å²) in [5.74, 6) is 6.94. The molecule has 2 aromatic rings. The van der Waals surface area contributed by atoms with Crippen LogP contribution in [0.2, 0.25) is 5.02 Å². The summed E-state index contributed by atoms with van der Waals surface area (Å²) < 4.78 is 10.5. The Morgan fingerprint density at radius 2 is 1.90 bits per heavy atom. The molecular weight excluding hydrogens is 278 g/mol. The zero-order valence-electron chi connectivity index (χ0n) is 11.3. The number of ether oxygens (including phenoxy) is 2. The lowest BCUT2D eigenvalue weighted by Crippen LogP contribution is -2.29. The molecule has 0 saturated heterocycles. The molecule has 0 fully saturated rings. The second-order valence-electron chi connectivity index (χ2n) is 4.12. The van der Waals surface area contributed by atoms with Crippen molar-refractivity contribution < 1.29 is 9.47 Å². The van der Waals surface area contributed by atoms with Crippen molar-refractivity contribution in [3.05, 3.63) is 52.8 Å². The van der Waals surface area contributed by atoms with Gasteiger partial charge in [-0.15, -0.1) is 0 Å². The summed E-state index contributed by atoms with van der Waals surface area (Å²) in [6, 6.07) is 8.93. The fourth-order valence-electron chi connectivity index (χ4n) is 1.94. The first-order chi connectivity index (χ1) is 9.69. The van der Waals surface area contributed by atoms with Crippen LogP contribution in [0.5, 0.6) is 11.5 Å². The van der Waals surface area contributed by atoms with Gasteiger partial charge >= 0.3 is 0 Å². The monoisotopic (exact) mass is 293 g/mol. The molecule has 1 aromatic carbocycles. The maximum absolute atomic E-state index is 5.84. The second-order valence-corrected chi connectivity index (χ2v) is 4.55. The van der Waals surface area contributed by atoms with Crippen LogP contribution in [0.3, 0.4) is 0 Å². The number of aromatic nitrogens is 1. The van der Waals surface area contributed by atoms with E-state index in [0.29, 0.717) is 16.5 Å². The van der Waals surface area contributed by atoms with Crippen molar-refractivity contribution in [1.82, 2.24) is 10.4 Å². The average molecular weight is 294 g/mol. The molecule has 20 heavy (non-hydrogen) atoms. The molecule has 0 aliphatic rings. The number of hydrazine groups is 1. The number of hydrogen-bond donors (Lipinski definition) is 2. The topological polar surface area (TPSA) is 69.4 Å². The first kappa shape index (κ1) is 14.6. The highest BCUT2D eigenvalue weighted by atomic mass is 35.5. The Balaban J connectivity index is 2.39. The lowest BCUT2D eigenvalue weighted by molar-refractivity contribution is 0.354. The van der Waals surface area contributed by atoms with Crippen molar-refractivity contribution in [2.45, 2.75) is 6.04 Å². The van der Waals surface area contributed by atoms with E-state index in [-0.39, 0.29) is 6.04 Å². The molecule has 1 aromatic heterocycles. The summed E-state index contributed by atoms with van der Waals surface area (Å²) in [6.07, 6.45) is 1.59. The molecule has 106 valence electrons. The Morgan fingerprint density at radius 3 is 2.45 bits per heavy atom. The summed E-state index contributed by atoms with van der Waals surface area (Å²) in [5.41, 5.74) is 4.43. The molecule has 5 nitrogen and oxygen atoms in total. The second kappa shape index (κ2) is 6.56. The van der Waals surface area contributed by atoms with E-state index in [1.165, 1.54) is 0 Å². The van der Waals surface area contributed by atoms with Crippen molar-refractivity contribution >= 4 is 11.6 Å². The maximum atomic E-state index is 5.84. The van der Waals surface area contributed by atoms with Gasteiger partial charge in [0.25, 0.3) is 0 Å². The third-order valence-corrected chi connectivity index (χ3v) is 3.18. The van der Waals surface area contributed by atoms with Gasteiger partial charge in [0.1, 0.15) is 0 Å². The Morgan fingerprint density at radius 1 is 1.15 bits per heavy atom. The van der Waals surface area contributed by atoms with Gasteiger partial charge in [-0.3, -0.25) is 10.8 Å². The molecule has 0 aliphatic heterocycles. The molecule has 0 amide bonds. The lowest BCUT2D eigenvalue weighted by Gasteiger charge is -2.17. The summed E-state index contributed by atoms with van der Waals surface area (Å²) in [6.45, 7) is 0. The van der Waals surface area contributed by atoms with E-state index in [0.717, 1.165) is 11.3 Å². The highest BCUT2D eigenvalue weighted by Crippen LogP contribution is 2.31. The number of methoxy groups -OCH3 is 2. The smallest absolute Gasteiger partial charge is 0.161 e. The van der Waals surface area contributed by atoms with Gasteiger partial charge in [0.05, 0.1) is 31.0 Å². The van der Waals surface area contributed by atoms with Gasteiger partial charge in [-0.2, -0.15) is 0 Å². The number of rotatable bonds is 5. The van der Waals surface area contributed by atoms with E-state index in [4.69, 9.17) is 26.9 Å². The average Bonchev–Trinajstić information content (AvgIpc) is 2.49. The van der Waals surface area contributed by atoms with Crippen LogP contribution in [0.15, 0.2) is 36.5 Å². The fraction of sp³-hybridized carbons (Fsp3) is 0.214. The Labute approximate surface area is 122 Å². The molecule has 2 rings (SSSR count). The van der Waals surface area contributed by atoms with Crippen LogP contribution in [-0.2, 0) is 0 Å². The van der Waals surface area contributed by atoms with E-state index < -0.39 is 0 Å². The minimum Gasteiger partial charge on any atom is -0.493 e. The Hall–Kier alpha value is -1.82. The fourth-order valence-corrected chi connectivity index (χ4v) is 2.05. The highest BCUT2D eigenvalue weighted by molar-refractivity contribution is 6.30. The lowest BCUT2D eigenvalue weighted by atomic mass is 10.0. The number of nitrogens with one attached hydrogen (secondary N) is 1. The van der Waals surface area contributed by atoms with Crippen LogP contribution in [0, 0.1) is 0 Å². The number of nitrogens with two attached hydrogens (primary N) is 1. The van der Waals surface area contributed by atoms with Gasteiger partial charge in [0.15, 0.2) is 11.5 Å². The van der Waals surface area contributed by atoms with Crippen LogP contribution in [-0.4, -0.2) is 19.2 Å². The molecule has 0 bridgehead atoms. The molecular formula is C14H16ClN3O2. The molecule has 1 unspecified atom stereocenters. The first-order valence-corrected chi connectivity index (χ1v) is 6.37. The molecule has 3 N–H and O–H groups in total. The van der Waals surface area contributed by atoms with Gasteiger partial charge in [0, 0.05) is 6.20 Å². The summed E-state index contributed by atoms with van der Waals surface area (Å²) >= 11 is 5.84. The number of halogens is 1. The van der Waals surface area contributed by atoms with E-state index in [9.17, 15) is 0 Å².